The Labute approximate surface area is 431 Å². The second-order valence-corrected chi connectivity index (χ2v) is 18.4. The SMILES string of the molecule is CC/C=C\C/C=C\C/C=C\C/C=C\C/C=C\CCCCCC(=O)OC[C@@H](COC(=O)CCCCCCCCCCCCCCCC)OC(=O)CCCCC/C=C\C/C=C\C/C=C\C/C=C\C/C=C\CC. The summed E-state index contributed by atoms with van der Waals surface area (Å²) in [5.74, 6) is -0.970. The topological polar surface area (TPSA) is 78.9 Å². The molecule has 70 heavy (non-hydrogen) atoms. The number of hydrogen-bond acceptors (Lipinski definition) is 6. The number of carbonyl (C=O) groups excluding carboxylic acids is 3. The van der Waals surface area contributed by atoms with Gasteiger partial charge in [0.15, 0.2) is 6.10 Å². The fourth-order valence-corrected chi connectivity index (χ4v) is 7.49. The lowest BCUT2D eigenvalue weighted by atomic mass is 10.0. The summed E-state index contributed by atoms with van der Waals surface area (Å²) in [7, 11) is 0. The van der Waals surface area contributed by atoms with Crippen molar-refractivity contribution in [2.24, 2.45) is 0 Å². The lowest BCUT2D eigenvalue weighted by Crippen LogP contribution is -2.30. The van der Waals surface area contributed by atoms with Crippen molar-refractivity contribution >= 4 is 17.9 Å². The van der Waals surface area contributed by atoms with Gasteiger partial charge in [-0.1, -0.05) is 239 Å². The number of esters is 3. The van der Waals surface area contributed by atoms with E-state index in [4.69, 9.17) is 14.2 Å². The van der Waals surface area contributed by atoms with Crippen molar-refractivity contribution in [1.29, 1.82) is 0 Å². The van der Waals surface area contributed by atoms with Gasteiger partial charge in [-0.05, 0) is 109 Å². The quantitative estimate of drug-likeness (QED) is 0.0262. The van der Waals surface area contributed by atoms with Crippen molar-refractivity contribution in [1.82, 2.24) is 0 Å². The maximum atomic E-state index is 12.9. The molecule has 6 nitrogen and oxygen atoms in total. The van der Waals surface area contributed by atoms with Crippen LogP contribution in [0, 0.1) is 0 Å². The van der Waals surface area contributed by atoms with Gasteiger partial charge in [-0.25, -0.2) is 0 Å². The van der Waals surface area contributed by atoms with E-state index in [0.29, 0.717) is 19.3 Å². The highest BCUT2D eigenvalue weighted by Crippen LogP contribution is 2.15. The van der Waals surface area contributed by atoms with Crippen molar-refractivity contribution in [2.45, 2.75) is 252 Å². The molecule has 396 valence electrons. The number of carbonyl (C=O) groups is 3. The van der Waals surface area contributed by atoms with Crippen LogP contribution in [-0.2, 0) is 28.6 Å². The van der Waals surface area contributed by atoms with Crippen LogP contribution in [0.4, 0.5) is 0 Å². The van der Waals surface area contributed by atoms with Crippen LogP contribution in [0.15, 0.2) is 122 Å². The summed E-state index contributed by atoms with van der Waals surface area (Å²) in [5.41, 5.74) is 0. The summed E-state index contributed by atoms with van der Waals surface area (Å²) in [6.07, 6.45) is 79.0. The molecule has 1 atom stereocenters. The minimum Gasteiger partial charge on any atom is -0.462 e. The summed E-state index contributed by atoms with van der Waals surface area (Å²) < 4.78 is 16.8. The first kappa shape index (κ1) is 65.8. The normalized spacial score (nSPS) is 13.0. The van der Waals surface area contributed by atoms with Crippen LogP contribution in [0.25, 0.3) is 0 Å². The maximum absolute atomic E-state index is 12.9. The Bertz CT molecular complexity index is 1490. The summed E-state index contributed by atoms with van der Waals surface area (Å²) in [4.78, 5) is 38.2. The van der Waals surface area contributed by atoms with Crippen molar-refractivity contribution < 1.29 is 28.6 Å². The van der Waals surface area contributed by atoms with Crippen molar-refractivity contribution in [3.8, 4) is 0 Å². The average Bonchev–Trinajstić information content (AvgIpc) is 3.36. The van der Waals surface area contributed by atoms with E-state index < -0.39 is 6.10 Å². The number of rotatable bonds is 50. The lowest BCUT2D eigenvalue weighted by Gasteiger charge is -2.18. The molecule has 0 aromatic rings. The zero-order chi connectivity index (χ0) is 50.7. The highest BCUT2D eigenvalue weighted by molar-refractivity contribution is 5.71. The second-order valence-electron chi connectivity index (χ2n) is 18.4. The molecule has 0 amide bonds. The van der Waals surface area contributed by atoms with Gasteiger partial charge in [-0.15, -0.1) is 0 Å². The van der Waals surface area contributed by atoms with E-state index in [0.717, 1.165) is 128 Å². The molecule has 0 aliphatic heterocycles. The molecule has 0 saturated heterocycles. The Morgan fingerprint density at radius 1 is 0.300 bits per heavy atom. The first-order chi connectivity index (χ1) is 34.5. The Morgan fingerprint density at radius 3 is 0.871 bits per heavy atom. The summed E-state index contributed by atoms with van der Waals surface area (Å²) >= 11 is 0. The number of allylic oxidation sites excluding steroid dienone is 20. The van der Waals surface area contributed by atoms with Crippen molar-refractivity contribution in [3.63, 3.8) is 0 Å². The van der Waals surface area contributed by atoms with E-state index in [1.54, 1.807) is 0 Å². The minimum absolute atomic E-state index is 0.103. The van der Waals surface area contributed by atoms with Crippen LogP contribution in [0.1, 0.15) is 245 Å². The third-order valence-corrected chi connectivity index (χ3v) is 11.7. The molecule has 6 heteroatoms. The molecule has 0 bridgehead atoms. The third-order valence-electron chi connectivity index (χ3n) is 11.7. The van der Waals surface area contributed by atoms with Crippen LogP contribution in [-0.4, -0.2) is 37.2 Å². The summed E-state index contributed by atoms with van der Waals surface area (Å²) in [6, 6.07) is 0. The molecule has 0 saturated carbocycles. The van der Waals surface area contributed by atoms with Crippen molar-refractivity contribution in [3.05, 3.63) is 122 Å². The van der Waals surface area contributed by atoms with Crippen molar-refractivity contribution in [2.75, 3.05) is 13.2 Å². The summed E-state index contributed by atoms with van der Waals surface area (Å²) in [5, 5.41) is 0. The molecular weight excluding hydrogens is 865 g/mol. The van der Waals surface area contributed by atoms with E-state index in [2.05, 4.69) is 142 Å². The zero-order valence-corrected chi connectivity index (χ0v) is 45.2. The average molecular weight is 970 g/mol. The predicted octanol–water partition coefficient (Wildman–Crippen LogP) is 19.3. The molecule has 0 aromatic carbocycles. The lowest BCUT2D eigenvalue weighted by molar-refractivity contribution is -0.167. The Kier molecular flexibility index (Phi) is 54.0. The standard InChI is InChI=1S/C64H104O6/c1-4-7-10-13-16-19-22-25-28-30-32-34-36-39-42-45-48-51-54-57-63(66)69-60-61(59-68-62(65)56-53-50-47-44-41-38-27-24-21-18-15-12-9-6-3)70-64(67)58-55-52-49-46-43-40-37-35-33-31-29-26-23-20-17-14-11-8-5-2/h7-8,10-11,16-17,19-20,25-26,28-29,32-35,39-40,42-43,61H,4-6,9,12-15,18,21-24,27,30-31,36-38,41,44-60H2,1-3H3/b10-7-,11-8-,19-16-,20-17-,28-25-,29-26-,34-32-,35-33-,42-39-,43-40-/t61-/m1/s1. The minimum atomic E-state index is -0.812. The number of unbranched alkanes of at least 4 members (excludes halogenated alkanes) is 19. The largest absolute Gasteiger partial charge is 0.462 e. The third kappa shape index (κ3) is 54.7. The first-order valence-corrected chi connectivity index (χ1v) is 28.5. The van der Waals surface area contributed by atoms with E-state index in [9.17, 15) is 14.4 Å². The van der Waals surface area contributed by atoms with Crippen LogP contribution < -0.4 is 0 Å². The number of ether oxygens (including phenoxy) is 3. The second kappa shape index (κ2) is 57.4. The van der Waals surface area contributed by atoms with E-state index in [-0.39, 0.29) is 37.5 Å². The maximum Gasteiger partial charge on any atom is 0.306 e. The molecule has 0 spiro atoms. The van der Waals surface area contributed by atoms with Crippen LogP contribution in [0.3, 0.4) is 0 Å². The van der Waals surface area contributed by atoms with Gasteiger partial charge in [0.05, 0.1) is 0 Å². The summed E-state index contributed by atoms with van der Waals surface area (Å²) in [6.45, 7) is 6.36. The van der Waals surface area contributed by atoms with Crippen LogP contribution in [0.5, 0.6) is 0 Å². The van der Waals surface area contributed by atoms with Gasteiger partial charge < -0.3 is 14.2 Å². The predicted molar refractivity (Wildman–Crippen MR) is 302 cm³/mol. The van der Waals surface area contributed by atoms with Gasteiger partial charge in [0.25, 0.3) is 0 Å². The molecule has 0 aliphatic carbocycles. The number of hydrogen-bond donors (Lipinski definition) is 0. The first-order valence-electron chi connectivity index (χ1n) is 28.5. The van der Waals surface area contributed by atoms with Gasteiger partial charge in [0.2, 0.25) is 0 Å². The van der Waals surface area contributed by atoms with Crippen LogP contribution in [0.2, 0.25) is 0 Å². The molecule has 0 heterocycles. The smallest absolute Gasteiger partial charge is 0.306 e. The van der Waals surface area contributed by atoms with Gasteiger partial charge in [-0.2, -0.15) is 0 Å². The van der Waals surface area contributed by atoms with E-state index in [1.807, 2.05) is 0 Å². The molecular formula is C64H104O6. The fraction of sp³-hybridized carbons (Fsp3) is 0.641. The Balaban J connectivity index is 4.52. The van der Waals surface area contributed by atoms with Crippen LogP contribution >= 0.6 is 0 Å². The highest BCUT2D eigenvalue weighted by Gasteiger charge is 2.19. The van der Waals surface area contributed by atoms with E-state index in [1.165, 1.54) is 70.6 Å². The molecule has 0 rings (SSSR count). The van der Waals surface area contributed by atoms with E-state index >= 15 is 0 Å². The molecule has 0 fully saturated rings. The molecule has 0 aromatic heterocycles. The zero-order valence-electron chi connectivity index (χ0n) is 45.2. The van der Waals surface area contributed by atoms with Gasteiger partial charge >= 0.3 is 17.9 Å². The molecule has 0 unspecified atom stereocenters. The molecule has 0 radical (unpaired) electrons. The fourth-order valence-electron chi connectivity index (χ4n) is 7.49. The Hall–Kier alpha value is -4.19. The highest BCUT2D eigenvalue weighted by atomic mass is 16.6. The molecule has 0 aliphatic rings. The van der Waals surface area contributed by atoms with Gasteiger partial charge in [0, 0.05) is 19.3 Å². The Morgan fingerprint density at radius 2 is 0.557 bits per heavy atom. The molecule has 0 N–H and O–H groups in total. The van der Waals surface area contributed by atoms with Gasteiger partial charge in [-0.3, -0.25) is 14.4 Å². The van der Waals surface area contributed by atoms with Gasteiger partial charge in [0.1, 0.15) is 13.2 Å². The monoisotopic (exact) mass is 969 g/mol.